The number of likely N-dealkylation sites (N-methyl/N-ethyl adjacent to an activating group) is 1. The van der Waals surface area contributed by atoms with Gasteiger partial charge in [-0.2, -0.15) is 0 Å². The molecule has 3 heterocycles. The van der Waals surface area contributed by atoms with Crippen LogP contribution in [0.3, 0.4) is 0 Å². The fraction of sp³-hybridized carbons (Fsp3) is 0.381. The van der Waals surface area contributed by atoms with Gasteiger partial charge >= 0.3 is 0 Å². The van der Waals surface area contributed by atoms with E-state index in [9.17, 15) is 4.79 Å². The van der Waals surface area contributed by atoms with Crippen LogP contribution >= 0.6 is 0 Å². The maximum atomic E-state index is 13.2. The summed E-state index contributed by atoms with van der Waals surface area (Å²) in [5.41, 5.74) is 3.98. The van der Waals surface area contributed by atoms with E-state index in [2.05, 4.69) is 51.3 Å². The van der Waals surface area contributed by atoms with Gasteiger partial charge in [-0.1, -0.05) is 12.1 Å². The number of fused-ring (bicyclic) bond motifs is 2. The summed E-state index contributed by atoms with van der Waals surface area (Å²) in [6.07, 6.45) is 8.95. The van der Waals surface area contributed by atoms with Crippen LogP contribution in [0.4, 0.5) is 5.82 Å². The first-order valence-corrected chi connectivity index (χ1v) is 9.46. The predicted molar refractivity (Wildman–Crippen MR) is 105 cm³/mol. The first-order valence-electron chi connectivity index (χ1n) is 9.46. The van der Waals surface area contributed by atoms with E-state index < -0.39 is 0 Å². The number of nitrogens with zero attached hydrogens (tertiary/aromatic N) is 4. The molecule has 6 nitrogen and oxygen atoms in total. The lowest BCUT2D eigenvalue weighted by atomic mass is 9.72. The van der Waals surface area contributed by atoms with Gasteiger partial charge < -0.3 is 9.88 Å². The third kappa shape index (κ3) is 2.55. The number of H-pyrrole nitrogens is 1. The molecule has 0 radical (unpaired) electrons. The number of likely N-dealkylation sites (tertiary alicyclic amines) is 1. The summed E-state index contributed by atoms with van der Waals surface area (Å²) in [5.74, 6) is 1.05. The molecule has 5 rings (SSSR count). The molecule has 1 aliphatic heterocycles. The number of amides is 1. The first-order chi connectivity index (χ1) is 13.1. The summed E-state index contributed by atoms with van der Waals surface area (Å²) in [4.78, 5) is 29.0. The monoisotopic (exact) mass is 361 g/mol. The summed E-state index contributed by atoms with van der Waals surface area (Å²) in [7, 11) is 3.95. The molecular formula is C21H23N5O. The number of hydrogen-bond donors (Lipinski definition) is 1. The Balaban J connectivity index is 1.47. The quantitative estimate of drug-likeness (QED) is 0.762. The number of piperidine rings is 1. The number of nitrogens with one attached hydrogen (secondary N) is 1. The van der Waals surface area contributed by atoms with Gasteiger partial charge in [-0.15, -0.1) is 0 Å². The van der Waals surface area contributed by atoms with Crippen molar-refractivity contribution >= 4 is 22.6 Å². The normalized spacial score (nSPS) is 24.6. The second kappa shape index (κ2) is 6.16. The van der Waals surface area contributed by atoms with Gasteiger partial charge in [0.05, 0.1) is 12.1 Å². The molecule has 6 heteroatoms. The lowest BCUT2D eigenvalue weighted by molar-refractivity contribution is -0.124. The molecule has 3 atom stereocenters. The molecule has 27 heavy (non-hydrogen) atoms. The van der Waals surface area contributed by atoms with Crippen molar-refractivity contribution in [1.82, 2.24) is 19.9 Å². The molecule has 1 aliphatic carbocycles. The van der Waals surface area contributed by atoms with Gasteiger partial charge in [0.15, 0.2) is 5.82 Å². The lowest BCUT2D eigenvalue weighted by Gasteiger charge is -2.45. The molecule has 1 saturated heterocycles. The van der Waals surface area contributed by atoms with E-state index in [1.807, 2.05) is 0 Å². The lowest BCUT2D eigenvalue weighted by Crippen LogP contribution is -2.51. The number of hydrogen-bond acceptors (Lipinski definition) is 4. The standard InChI is InChI=1S/C21H23N5O/c1-25-12-14(21(27)26(2)19-11-22-6-7-23-19)8-16-15-4-3-5-17-20(15)13(10-24-17)9-18(16)25/h3-7,10-11,14,16,18,24H,8-9,12H2,1-2H3/t14?,16-,18-/m1/s1. The molecule has 0 spiro atoms. The summed E-state index contributed by atoms with van der Waals surface area (Å²) in [6, 6.07) is 6.95. The molecule has 2 aliphatic rings. The van der Waals surface area contributed by atoms with Crippen LogP contribution in [-0.4, -0.2) is 52.4 Å². The zero-order valence-corrected chi connectivity index (χ0v) is 15.6. The topological polar surface area (TPSA) is 65.1 Å². The van der Waals surface area contributed by atoms with Crippen molar-refractivity contribution in [1.29, 1.82) is 0 Å². The van der Waals surface area contributed by atoms with Crippen molar-refractivity contribution < 1.29 is 4.79 Å². The van der Waals surface area contributed by atoms with E-state index in [-0.39, 0.29) is 11.8 Å². The fourth-order valence-electron chi connectivity index (χ4n) is 4.97. The molecule has 0 bridgehead atoms. The number of anilines is 1. The molecule has 1 fully saturated rings. The van der Waals surface area contributed by atoms with E-state index in [1.165, 1.54) is 22.0 Å². The van der Waals surface area contributed by atoms with Gasteiger partial charge in [0.1, 0.15) is 0 Å². The van der Waals surface area contributed by atoms with E-state index in [1.54, 1.807) is 30.5 Å². The van der Waals surface area contributed by atoms with Crippen LogP contribution in [-0.2, 0) is 11.2 Å². The van der Waals surface area contributed by atoms with Crippen LogP contribution in [0.5, 0.6) is 0 Å². The Morgan fingerprint density at radius 2 is 2.22 bits per heavy atom. The second-order valence-electron chi connectivity index (χ2n) is 7.79. The zero-order valence-electron chi connectivity index (χ0n) is 15.6. The maximum Gasteiger partial charge on any atom is 0.232 e. The Morgan fingerprint density at radius 1 is 1.33 bits per heavy atom. The summed E-state index contributed by atoms with van der Waals surface area (Å²) >= 11 is 0. The van der Waals surface area contributed by atoms with Crippen molar-refractivity contribution in [3.8, 4) is 0 Å². The van der Waals surface area contributed by atoms with Crippen LogP contribution in [0.15, 0.2) is 43.0 Å². The number of aromatic nitrogens is 3. The maximum absolute atomic E-state index is 13.2. The Labute approximate surface area is 158 Å². The smallest absolute Gasteiger partial charge is 0.232 e. The van der Waals surface area contributed by atoms with Gasteiger partial charge in [-0.3, -0.25) is 14.7 Å². The van der Waals surface area contributed by atoms with Gasteiger partial charge in [-0.05, 0) is 37.1 Å². The van der Waals surface area contributed by atoms with Crippen molar-refractivity contribution in [2.45, 2.75) is 24.8 Å². The molecule has 138 valence electrons. The van der Waals surface area contributed by atoms with E-state index in [4.69, 9.17) is 0 Å². The minimum Gasteiger partial charge on any atom is -0.361 e. The van der Waals surface area contributed by atoms with Crippen LogP contribution in [0.1, 0.15) is 23.5 Å². The largest absolute Gasteiger partial charge is 0.361 e. The molecule has 1 N–H and O–H groups in total. The Hall–Kier alpha value is -2.73. The van der Waals surface area contributed by atoms with Crippen molar-refractivity contribution in [2.24, 2.45) is 5.92 Å². The van der Waals surface area contributed by atoms with Crippen molar-refractivity contribution in [3.05, 3.63) is 54.1 Å². The third-order valence-corrected chi connectivity index (χ3v) is 6.30. The van der Waals surface area contributed by atoms with E-state index >= 15 is 0 Å². The minimum absolute atomic E-state index is 0.0426. The predicted octanol–water partition coefficient (Wildman–Crippen LogP) is 2.58. The average molecular weight is 361 g/mol. The molecule has 3 aromatic rings. The number of carbonyl (C=O) groups is 1. The SMILES string of the molecule is CN(C(=O)C1C[C@@H]2c3cccc4[nH]cc(c34)C[C@H]2N(C)C1)c1cnccn1. The Bertz CT molecular complexity index is 998. The van der Waals surface area contributed by atoms with Gasteiger partial charge in [0.2, 0.25) is 5.91 Å². The van der Waals surface area contributed by atoms with Gasteiger partial charge in [0, 0.05) is 55.0 Å². The summed E-state index contributed by atoms with van der Waals surface area (Å²) < 4.78 is 0. The molecular weight excluding hydrogens is 338 g/mol. The molecule has 1 amide bonds. The Morgan fingerprint density at radius 3 is 3.04 bits per heavy atom. The third-order valence-electron chi connectivity index (χ3n) is 6.30. The van der Waals surface area contributed by atoms with Crippen LogP contribution in [0.2, 0.25) is 0 Å². The number of aromatic amines is 1. The van der Waals surface area contributed by atoms with Crippen LogP contribution < -0.4 is 4.90 Å². The molecule has 2 aromatic heterocycles. The zero-order chi connectivity index (χ0) is 18.5. The highest BCUT2D eigenvalue weighted by atomic mass is 16.2. The number of carbonyl (C=O) groups excluding carboxylic acids is 1. The Kier molecular flexibility index (Phi) is 3.75. The summed E-state index contributed by atoms with van der Waals surface area (Å²) in [5, 5.41) is 1.36. The molecule has 0 saturated carbocycles. The fourth-order valence-corrected chi connectivity index (χ4v) is 4.97. The van der Waals surface area contributed by atoms with Crippen LogP contribution in [0, 0.1) is 5.92 Å². The highest BCUT2D eigenvalue weighted by Gasteiger charge is 2.42. The summed E-state index contributed by atoms with van der Waals surface area (Å²) in [6.45, 7) is 0.778. The van der Waals surface area contributed by atoms with Crippen LogP contribution in [0.25, 0.3) is 10.9 Å². The number of benzene rings is 1. The number of rotatable bonds is 2. The van der Waals surface area contributed by atoms with E-state index in [0.717, 1.165) is 19.4 Å². The van der Waals surface area contributed by atoms with Crippen molar-refractivity contribution in [2.75, 3.05) is 25.5 Å². The molecule has 1 unspecified atom stereocenters. The van der Waals surface area contributed by atoms with E-state index in [0.29, 0.717) is 17.8 Å². The highest BCUT2D eigenvalue weighted by molar-refractivity contribution is 5.94. The minimum atomic E-state index is -0.0426. The van der Waals surface area contributed by atoms with Crippen molar-refractivity contribution in [3.63, 3.8) is 0 Å². The van der Waals surface area contributed by atoms with Gasteiger partial charge in [0.25, 0.3) is 0 Å². The first kappa shape index (κ1) is 16.4. The second-order valence-corrected chi connectivity index (χ2v) is 7.79. The highest BCUT2D eigenvalue weighted by Crippen LogP contribution is 2.44. The average Bonchev–Trinajstić information content (AvgIpc) is 3.12. The van der Waals surface area contributed by atoms with Gasteiger partial charge in [-0.25, -0.2) is 4.98 Å². The molecule has 1 aromatic carbocycles.